The maximum absolute atomic E-state index is 12.3. The first-order valence-corrected chi connectivity index (χ1v) is 3.93. The predicted molar refractivity (Wildman–Crippen MR) is 42.0 cm³/mol. The summed E-state index contributed by atoms with van der Waals surface area (Å²) in [5.41, 5.74) is 0. The highest BCUT2D eigenvalue weighted by atomic mass is 19.4. The van der Waals surface area contributed by atoms with Gasteiger partial charge in [-0.2, -0.15) is 22.0 Å². The number of halogens is 5. The van der Waals surface area contributed by atoms with Crippen molar-refractivity contribution in [1.29, 1.82) is 0 Å². The highest BCUT2D eigenvalue weighted by Gasteiger charge is 2.58. The van der Waals surface area contributed by atoms with E-state index < -0.39 is 24.8 Å². The molecule has 0 aliphatic carbocycles. The summed E-state index contributed by atoms with van der Waals surface area (Å²) in [6.45, 7) is -2.33. The van der Waals surface area contributed by atoms with Gasteiger partial charge in [-0.05, 0) is 0 Å². The van der Waals surface area contributed by atoms with Crippen LogP contribution in [0.15, 0.2) is 0 Å². The Balaban J connectivity index is 4.20. The van der Waals surface area contributed by atoms with Crippen molar-refractivity contribution in [2.45, 2.75) is 12.1 Å². The molecule has 0 aliphatic heterocycles. The fourth-order valence-corrected chi connectivity index (χ4v) is 0.591. The van der Waals surface area contributed by atoms with Gasteiger partial charge in [0.1, 0.15) is 6.73 Å². The molecule has 0 unspecified atom stereocenters. The molecule has 0 atom stereocenters. The van der Waals surface area contributed by atoms with Crippen molar-refractivity contribution in [3.05, 3.63) is 0 Å². The molecule has 4 nitrogen and oxygen atoms in total. The predicted octanol–water partition coefficient (Wildman–Crippen LogP) is 1.86. The molecule has 0 heterocycles. The van der Waals surface area contributed by atoms with Gasteiger partial charge >= 0.3 is 18.2 Å². The minimum absolute atomic E-state index is 0.281. The van der Waals surface area contributed by atoms with Crippen molar-refractivity contribution in [2.24, 2.45) is 0 Å². The van der Waals surface area contributed by atoms with Gasteiger partial charge < -0.3 is 9.47 Å². The second kappa shape index (κ2) is 5.28. The van der Waals surface area contributed by atoms with Crippen LogP contribution in [0.4, 0.5) is 26.7 Å². The summed E-state index contributed by atoms with van der Waals surface area (Å²) in [5.74, 6) is -5.06. The minimum atomic E-state index is -5.74. The number of alkyl halides is 5. The Morgan fingerprint density at radius 1 is 1.25 bits per heavy atom. The molecular weight excluding hydrogens is 241 g/mol. The standard InChI is InChI=1S/C7H10F5NO3/c1-13(4-15-2)5(14)16-3-6(8,9)7(10,11)12/h3-4H2,1-2H3. The fourth-order valence-electron chi connectivity index (χ4n) is 0.591. The average Bonchev–Trinajstić information content (AvgIpc) is 2.12. The molecule has 0 N–H and O–H groups in total. The zero-order chi connectivity index (χ0) is 13.0. The SMILES string of the molecule is COCN(C)C(=O)OCC(F)(F)C(F)(F)F. The van der Waals surface area contributed by atoms with Gasteiger partial charge in [-0.1, -0.05) is 0 Å². The first-order valence-electron chi connectivity index (χ1n) is 3.93. The molecular formula is C7H10F5NO3. The van der Waals surface area contributed by atoms with Crippen molar-refractivity contribution in [3.8, 4) is 0 Å². The van der Waals surface area contributed by atoms with E-state index in [-0.39, 0.29) is 6.73 Å². The molecule has 1 amide bonds. The molecule has 0 aromatic heterocycles. The molecule has 96 valence electrons. The van der Waals surface area contributed by atoms with E-state index in [1.54, 1.807) is 0 Å². The largest absolute Gasteiger partial charge is 0.456 e. The molecule has 0 spiro atoms. The Bertz CT molecular complexity index is 243. The van der Waals surface area contributed by atoms with Crippen LogP contribution in [0.3, 0.4) is 0 Å². The number of nitrogens with zero attached hydrogens (tertiary/aromatic N) is 1. The average molecular weight is 251 g/mol. The van der Waals surface area contributed by atoms with Crippen LogP contribution in [-0.4, -0.2) is 50.6 Å². The Hall–Kier alpha value is -1.12. The summed E-state index contributed by atoms with van der Waals surface area (Å²) < 4.78 is 67.8. The van der Waals surface area contributed by atoms with E-state index in [2.05, 4.69) is 9.47 Å². The van der Waals surface area contributed by atoms with Crippen molar-refractivity contribution >= 4 is 6.09 Å². The number of ether oxygens (including phenoxy) is 2. The Morgan fingerprint density at radius 3 is 2.12 bits per heavy atom. The quantitative estimate of drug-likeness (QED) is 0.565. The Morgan fingerprint density at radius 2 is 1.75 bits per heavy atom. The maximum atomic E-state index is 12.3. The molecule has 9 heteroatoms. The van der Waals surface area contributed by atoms with Gasteiger partial charge in [-0.3, -0.25) is 4.90 Å². The second-order valence-electron chi connectivity index (χ2n) is 2.87. The third-order valence-electron chi connectivity index (χ3n) is 1.43. The maximum Gasteiger partial charge on any atom is 0.456 e. The van der Waals surface area contributed by atoms with E-state index in [1.165, 1.54) is 7.11 Å². The molecule has 0 aliphatic rings. The van der Waals surface area contributed by atoms with Gasteiger partial charge in [-0.15, -0.1) is 0 Å². The van der Waals surface area contributed by atoms with Crippen LogP contribution in [-0.2, 0) is 9.47 Å². The van der Waals surface area contributed by atoms with E-state index in [0.29, 0.717) is 4.90 Å². The molecule has 0 saturated heterocycles. The number of rotatable bonds is 4. The smallest absolute Gasteiger partial charge is 0.443 e. The molecule has 0 aromatic rings. The lowest BCUT2D eigenvalue weighted by molar-refractivity contribution is -0.292. The Labute approximate surface area is 87.9 Å². The van der Waals surface area contributed by atoms with E-state index in [0.717, 1.165) is 7.05 Å². The minimum Gasteiger partial charge on any atom is -0.443 e. The molecule has 16 heavy (non-hydrogen) atoms. The van der Waals surface area contributed by atoms with Crippen LogP contribution < -0.4 is 0 Å². The van der Waals surface area contributed by atoms with Crippen LogP contribution in [0.5, 0.6) is 0 Å². The first kappa shape index (κ1) is 14.9. The van der Waals surface area contributed by atoms with Crippen molar-refractivity contribution in [2.75, 3.05) is 27.5 Å². The third-order valence-corrected chi connectivity index (χ3v) is 1.43. The van der Waals surface area contributed by atoms with E-state index in [9.17, 15) is 26.7 Å². The fraction of sp³-hybridized carbons (Fsp3) is 0.857. The number of hydrogen-bond donors (Lipinski definition) is 0. The van der Waals surface area contributed by atoms with E-state index in [1.807, 2.05) is 0 Å². The Kier molecular flexibility index (Phi) is 4.91. The van der Waals surface area contributed by atoms with Gasteiger partial charge in [0, 0.05) is 14.2 Å². The zero-order valence-electron chi connectivity index (χ0n) is 8.48. The first-order chi connectivity index (χ1) is 7.12. The number of amides is 1. The zero-order valence-corrected chi connectivity index (χ0v) is 8.48. The highest BCUT2D eigenvalue weighted by Crippen LogP contribution is 2.35. The van der Waals surface area contributed by atoms with Crippen LogP contribution in [0.25, 0.3) is 0 Å². The molecule has 0 bridgehead atoms. The number of hydrogen-bond acceptors (Lipinski definition) is 3. The van der Waals surface area contributed by atoms with Gasteiger partial charge in [0.2, 0.25) is 0 Å². The molecule has 0 radical (unpaired) electrons. The van der Waals surface area contributed by atoms with Crippen LogP contribution in [0, 0.1) is 0 Å². The normalized spacial score (nSPS) is 12.4. The van der Waals surface area contributed by atoms with Crippen LogP contribution in [0.2, 0.25) is 0 Å². The summed E-state index contributed by atoms with van der Waals surface area (Å²) in [6, 6.07) is 0. The summed E-state index contributed by atoms with van der Waals surface area (Å²) in [6.07, 6.45) is -7.07. The molecule has 0 fully saturated rings. The van der Waals surface area contributed by atoms with E-state index in [4.69, 9.17) is 0 Å². The number of methoxy groups -OCH3 is 1. The second-order valence-corrected chi connectivity index (χ2v) is 2.87. The third kappa shape index (κ3) is 4.17. The van der Waals surface area contributed by atoms with Crippen LogP contribution in [0.1, 0.15) is 0 Å². The van der Waals surface area contributed by atoms with Crippen molar-refractivity contribution < 1.29 is 36.2 Å². The molecule has 0 aromatic carbocycles. The summed E-state index contributed by atoms with van der Waals surface area (Å²) in [4.78, 5) is 11.5. The van der Waals surface area contributed by atoms with Crippen molar-refractivity contribution in [3.63, 3.8) is 0 Å². The van der Waals surface area contributed by atoms with E-state index >= 15 is 0 Å². The van der Waals surface area contributed by atoms with Gasteiger partial charge in [0.05, 0.1) is 0 Å². The topological polar surface area (TPSA) is 38.8 Å². The van der Waals surface area contributed by atoms with Gasteiger partial charge in [0.15, 0.2) is 6.61 Å². The van der Waals surface area contributed by atoms with Crippen molar-refractivity contribution in [1.82, 2.24) is 4.90 Å². The number of carbonyl (C=O) groups excluding carboxylic acids is 1. The van der Waals surface area contributed by atoms with Gasteiger partial charge in [0.25, 0.3) is 0 Å². The summed E-state index contributed by atoms with van der Waals surface area (Å²) in [5, 5.41) is 0. The summed E-state index contributed by atoms with van der Waals surface area (Å²) in [7, 11) is 2.34. The highest BCUT2D eigenvalue weighted by molar-refractivity contribution is 5.67. The van der Waals surface area contributed by atoms with Gasteiger partial charge in [-0.25, -0.2) is 4.79 Å². The number of carbonyl (C=O) groups is 1. The lowest BCUT2D eigenvalue weighted by Crippen LogP contribution is -2.43. The monoisotopic (exact) mass is 251 g/mol. The summed E-state index contributed by atoms with van der Waals surface area (Å²) >= 11 is 0. The lowest BCUT2D eigenvalue weighted by atomic mass is 10.3. The lowest BCUT2D eigenvalue weighted by Gasteiger charge is -2.21. The molecule has 0 saturated carbocycles. The van der Waals surface area contributed by atoms with Crippen LogP contribution >= 0.6 is 0 Å². The molecule has 0 rings (SSSR count).